The molecular weight excluding hydrogens is 266 g/mol. The van der Waals surface area contributed by atoms with Gasteiger partial charge in [-0.2, -0.15) is 0 Å². The molecule has 1 aromatic carbocycles. The van der Waals surface area contributed by atoms with Gasteiger partial charge < -0.3 is 10.1 Å². The van der Waals surface area contributed by atoms with Crippen LogP contribution in [-0.2, 0) is 4.74 Å². The molecule has 110 valence electrons. The molecule has 1 amide bonds. The molecule has 0 spiro atoms. The van der Waals surface area contributed by atoms with Crippen LogP contribution in [0.15, 0.2) is 42.6 Å². The van der Waals surface area contributed by atoms with Crippen LogP contribution in [0, 0.1) is 0 Å². The summed E-state index contributed by atoms with van der Waals surface area (Å²) in [4.78, 5) is 15.3. The molecule has 0 fully saturated rings. The van der Waals surface area contributed by atoms with E-state index in [0.717, 1.165) is 11.4 Å². The normalized spacial score (nSPS) is 10.3. The third-order valence-electron chi connectivity index (χ3n) is 3.04. The van der Waals surface area contributed by atoms with Crippen LogP contribution in [0.4, 0.5) is 22.0 Å². The van der Waals surface area contributed by atoms with Gasteiger partial charge >= 0.3 is 6.09 Å². The van der Waals surface area contributed by atoms with E-state index in [0.29, 0.717) is 11.7 Å². The van der Waals surface area contributed by atoms with E-state index >= 15 is 0 Å². The minimum atomic E-state index is -0.534. The van der Waals surface area contributed by atoms with Crippen LogP contribution >= 0.6 is 0 Å². The molecule has 0 unspecified atom stereocenters. The number of anilines is 3. The van der Waals surface area contributed by atoms with Gasteiger partial charge in [0.1, 0.15) is 5.82 Å². The lowest BCUT2D eigenvalue weighted by molar-refractivity contribution is 0.187. The van der Waals surface area contributed by atoms with Crippen molar-refractivity contribution >= 4 is 23.3 Å². The highest BCUT2D eigenvalue weighted by Crippen LogP contribution is 2.26. The highest BCUT2D eigenvalue weighted by Gasteiger charge is 2.06. The summed E-state index contributed by atoms with van der Waals surface area (Å²) in [6.45, 7) is 4.31. The van der Waals surface area contributed by atoms with Crippen LogP contribution in [0.1, 0.15) is 25.3 Å². The molecule has 0 bridgehead atoms. The number of methoxy groups -OCH3 is 1. The number of benzene rings is 1. The lowest BCUT2D eigenvalue weighted by atomic mass is 10.0. The monoisotopic (exact) mass is 285 g/mol. The zero-order chi connectivity index (χ0) is 15.2. The minimum Gasteiger partial charge on any atom is -0.453 e. The van der Waals surface area contributed by atoms with Crippen molar-refractivity contribution in [2.75, 3.05) is 17.7 Å². The van der Waals surface area contributed by atoms with Crippen molar-refractivity contribution < 1.29 is 9.53 Å². The molecule has 0 atom stereocenters. The number of carbonyl (C=O) groups excluding carboxylic acids is 1. The first kappa shape index (κ1) is 14.8. The summed E-state index contributed by atoms with van der Waals surface area (Å²) in [5, 5.41) is 5.85. The maximum atomic E-state index is 11.1. The fourth-order valence-corrected chi connectivity index (χ4v) is 1.97. The summed E-state index contributed by atoms with van der Waals surface area (Å²) >= 11 is 0. The molecule has 5 heteroatoms. The van der Waals surface area contributed by atoms with Crippen molar-refractivity contribution in [1.82, 2.24) is 4.98 Å². The maximum absolute atomic E-state index is 11.1. The molecule has 1 aromatic heterocycles. The second-order valence-corrected chi connectivity index (χ2v) is 4.92. The second-order valence-electron chi connectivity index (χ2n) is 4.92. The van der Waals surface area contributed by atoms with Gasteiger partial charge in [0.25, 0.3) is 0 Å². The SMILES string of the molecule is COC(=O)Nc1ccc(Nc2ccccc2C(C)C)cn1. The summed E-state index contributed by atoms with van der Waals surface area (Å²) in [6.07, 6.45) is 1.14. The van der Waals surface area contributed by atoms with Crippen molar-refractivity contribution in [2.24, 2.45) is 0 Å². The number of para-hydroxylation sites is 1. The number of carbonyl (C=O) groups is 1. The van der Waals surface area contributed by atoms with Gasteiger partial charge in [0.15, 0.2) is 0 Å². The van der Waals surface area contributed by atoms with Crippen LogP contribution in [0.5, 0.6) is 0 Å². The summed E-state index contributed by atoms with van der Waals surface area (Å²) < 4.78 is 4.52. The minimum absolute atomic E-state index is 0.432. The van der Waals surface area contributed by atoms with Gasteiger partial charge in [-0.3, -0.25) is 5.32 Å². The molecule has 0 aliphatic carbocycles. The maximum Gasteiger partial charge on any atom is 0.412 e. The van der Waals surface area contributed by atoms with E-state index in [9.17, 15) is 4.79 Å². The highest BCUT2D eigenvalue weighted by molar-refractivity contribution is 5.83. The van der Waals surface area contributed by atoms with Crippen molar-refractivity contribution in [3.8, 4) is 0 Å². The van der Waals surface area contributed by atoms with Crippen LogP contribution in [0.2, 0.25) is 0 Å². The average Bonchev–Trinajstić information content (AvgIpc) is 2.49. The van der Waals surface area contributed by atoms with E-state index in [1.54, 1.807) is 12.3 Å². The van der Waals surface area contributed by atoms with E-state index in [-0.39, 0.29) is 0 Å². The Kier molecular flexibility index (Phi) is 4.77. The first-order chi connectivity index (χ1) is 10.1. The van der Waals surface area contributed by atoms with Crippen LogP contribution in [-0.4, -0.2) is 18.2 Å². The van der Waals surface area contributed by atoms with Gasteiger partial charge in [-0.15, -0.1) is 0 Å². The molecule has 0 aliphatic rings. The lowest BCUT2D eigenvalue weighted by Gasteiger charge is -2.14. The molecule has 5 nitrogen and oxygen atoms in total. The lowest BCUT2D eigenvalue weighted by Crippen LogP contribution is -2.11. The van der Waals surface area contributed by atoms with Gasteiger partial charge in [-0.25, -0.2) is 9.78 Å². The Labute approximate surface area is 124 Å². The highest BCUT2D eigenvalue weighted by atomic mass is 16.5. The summed E-state index contributed by atoms with van der Waals surface area (Å²) in [5.41, 5.74) is 3.16. The van der Waals surface area contributed by atoms with E-state index < -0.39 is 6.09 Å². The van der Waals surface area contributed by atoms with Crippen molar-refractivity contribution in [3.63, 3.8) is 0 Å². The average molecular weight is 285 g/mol. The first-order valence-electron chi connectivity index (χ1n) is 6.77. The smallest absolute Gasteiger partial charge is 0.412 e. The molecule has 0 saturated heterocycles. The van der Waals surface area contributed by atoms with Gasteiger partial charge in [0.05, 0.1) is 19.0 Å². The van der Waals surface area contributed by atoms with Gasteiger partial charge in [0, 0.05) is 5.69 Å². The Bertz CT molecular complexity index is 609. The number of rotatable bonds is 4. The predicted octanol–water partition coefficient (Wildman–Crippen LogP) is 4.13. The van der Waals surface area contributed by atoms with E-state index in [1.165, 1.54) is 12.7 Å². The van der Waals surface area contributed by atoms with Crippen LogP contribution < -0.4 is 10.6 Å². The fourth-order valence-electron chi connectivity index (χ4n) is 1.97. The zero-order valence-corrected chi connectivity index (χ0v) is 12.4. The van der Waals surface area contributed by atoms with Crippen LogP contribution in [0.3, 0.4) is 0 Å². The number of hydrogen-bond donors (Lipinski definition) is 2. The van der Waals surface area contributed by atoms with Crippen LogP contribution in [0.25, 0.3) is 0 Å². The largest absolute Gasteiger partial charge is 0.453 e. The van der Waals surface area contributed by atoms with E-state index in [2.05, 4.69) is 40.3 Å². The number of amides is 1. The molecule has 0 saturated carbocycles. The van der Waals surface area contributed by atoms with Gasteiger partial charge in [-0.05, 0) is 29.7 Å². The molecule has 0 radical (unpaired) electrons. The Hall–Kier alpha value is -2.56. The molecule has 2 aromatic rings. The second kappa shape index (κ2) is 6.74. The Morgan fingerprint density at radius 1 is 1.19 bits per heavy atom. The third kappa shape index (κ3) is 3.95. The first-order valence-corrected chi connectivity index (χ1v) is 6.77. The Morgan fingerprint density at radius 2 is 1.95 bits per heavy atom. The third-order valence-corrected chi connectivity index (χ3v) is 3.04. The number of ether oxygens (including phenoxy) is 1. The zero-order valence-electron chi connectivity index (χ0n) is 12.4. The number of nitrogens with one attached hydrogen (secondary N) is 2. The standard InChI is InChI=1S/C16H19N3O2/c1-11(2)13-6-4-5-7-14(13)18-12-8-9-15(17-10-12)19-16(20)21-3/h4-11,18H,1-3H3,(H,17,19,20). The van der Waals surface area contributed by atoms with E-state index in [1.807, 2.05) is 24.3 Å². The van der Waals surface area contributed by atoms with E-state index in [4.69, 9.17) is 0 Å². The molecular formula is C16H19N3O2. The van der Waals surface area contributed by atoms with Crippen molar-refractivity contribution in [3.05, 3.63) is 48.2 Å². The topological polar surface area (TPSA) is 63.2 Å². The molecule has 2 N–H and O–H groups in total. The molecule has 21 heavy (non-hydrogen) atoms. The number of nitrogens with zero attached hydrogens (tertiary/aromatic N) is 1. The molecule has 0 aliphatic heterocycles. The summed E-state index contributed by atoms with van der Waals surface area (Å²) in [5.74, 6) is 0.881. The number of hydrogen-bond acceptors (Lipinski definition) is 4. The van der Waals surface area contributed by atoms with Crippen molar-refractivity contribution in [1.29, 1.82) is 0 Å². The quantitative estimate of drug-likeness (QED) is 0.886. The summed E-state index contributed by atoms with van der Waals surface area (Å²) in [6, 6.07) is 11.7. The molecule has 2 rings (SSSR count). The van der Waals surface area contributed by atoms with Gasteiger partial charge in [0.2, 0.25) is 0 Å². The fraction of sp³-hybridized carbons (Fsp3) is 0.250. The predicted molar refractivity (Wildman–Crippen MR) is 84.1 cm³/mol. The van der Waals surface area contributed by atoms with Crippen molar-refractivity contribution in [2.45, 2.75) is 19.8 Å². The number of pyridine rings is 1. The van der Waals surface area contributed by atoms with Gasteiger partial charge in [-0.1, -0.05) is 32.0 Å². The number of aromatic nitrogens is 1. The molecule has 1 heterocycles. The Morgan fingerprint density at radius 3 is 2.57 bits per heavy atom. The summed E-state index contributed by atoms with van der Waals surface area (Å²) in [7, 11) is 1.31. The Balaban J connectivity index is 2.12.